The van der Waals surface area contributed by atoms with Crippen LogP contribution in [0.25, 0.3) is 11.1 Å². The molecule has 1 aliphatic carbocycles. The highest BCUT2D eigenvalue weighted by atomic mass is 32.2. The highest BCUT2D eigenvalue weighted by molar-refractivity contribution is 7.87. The minimum absolute atomic E-state index is 0.253. The lowest BCUT2D eigenvalue weighted by Crippen LogP contribution is -2.65. The molecule has 35 heavy (non-hydrogen) atoms. The first kappa shape index (κ1) is 25.5. The number of amides is 1. The summed E-state index contributed by atoms with van der Waals surface area (Å²) in [6.45, 7) is 2.44. The van der Waals surface area contributed by atoms with Crippen LogP contribution in [0.1, 0.15) is 25.8 Å². The second-order valence-electron chi connectivity index (χ2n) is 9.10. The second-order valence-corrected chi connectivity index (χ2v) is 10.6. The Morgan fingerprint density at radius 3 is 2.43 bits per heavy atom. The van der Waals surface area contributed by atoms with Crippen molar-refractivity contribution >= 4 is 16.1 Å². The van der Waals surface area contributed by atoms with Crippen molar-refractivity contribution in [2.75, 3.05) is 13.1 Å². The normalized spacial score (nSPS) is 26.1. The molecule has 1 saturated carbocycles. The molecule has 2 N–H and O–H groups in total. The van der Waals surface area contributed by atoms with Gasteiger partial charge in [-0.3, -0.25) is 4.79 Å². The van der Waals surface area contributed by atoms with Crippen LogP contribution in [-0.4, -0.2) is 50.6 Å². The molecule has 190 valence electrons. The number of nitrogens with one attached hydrogen (secondary N) is 2. The molecule has 0 spiro atoms. The summed E-state index contributed by atoms with van der Waals surface area (Å²) in [5.74, 6) is -4.93. The van der Waals surface area contributed by atoms with E-state index in [2.05, 4.69) is 9.44 Å². The van der Waals surface area contributed by atoms with Gasteiger partial charge in [-0.25, -0.2) is 26.7 Å². The van der Waals surface area contributed by atoms with Crippen molar-refractivity contribution in [2.24, 2.45) is 5.92 Å². The number of rotatable bonds is 8. The molecule has 0 bridgehead atoms. The number of benzene rings is 2. The van der Waals surface area contributed by atoms with Crippen LogP contribution in [0.2, 0.25) is 0 Å². The predicted molar refractivity (Wildman–Crippen MR) is 118 cm³/mol. The fourth-order valence-electron chi connectivity index (χ4n) is 4.40. The Hall–Kier alpha value is -2.57. The van der Waals surface area contributed by atoms with Gasteiger partial charge in [-0.2, -0.15) is 13.1 Å². The highest BCUT2D eigenvalue weighted by Gasteiger charge is 2.64. The fourth-order valence-corrected chi connectivity index (χ4v) is 5.49. The minimum atomic E-state index is -3.93. The Morgan fingerprint density at radius 1 is 1.17 bits per heavy atom. The molecule has 0 aromatic heterocycles. The number of nitrogens with zero attached hydrogens (tertiary/aromatic N) is 1. The lowest BCUT2D eigenvalue weighted by atomic mass is 9.92. The second kappa shape index (κ2) is 9.14. The van der Waals surface area contributed by atoms with Crippen molar-refractivity contribution in [3.05, 3.63) is 59.4 Å². The maximum atomic E-state index is 15.9. The van der Waals surface area contributed by atoms with Crippen LogP contribution in [0.5, 0.6) is 0 Å². The van der Waals surface area contributed by atoms with E-state index in [1.54, 1.807) is 13.8 Å². The zero-order valence-electron chi connectivity index (χ0n) is 18.9. The van der Waals surface area contributed by atoms with Crippen molar-refractivity contribution in [1.82, 2.24) is 14.3 Å². The van der Waals surface area contributed by atoms with Crippen LogP contribution in [-0.2, 0) is 20.7 Å². The first-order chi connectivity index (χ1) is 16.3. The molecule has 0 unspecified atom stereocenters. The molecule has 1 aliphatic heterocycles. The Kier molecular flexibility index (Phi) is 6.66. The molecule has 4 atom stereocenters. The quantitative estimate of drug-likeness (QED) is 0.528. The van der Waals surface area contributed by atoms with Crippen LogP contribution in [0, 0.1) is 23.4 Å². The summed E-state index contributed by atoms with van der Waals surface area (Å²) >= 11 is 0. The van der Waals surface area contributed by atoms with Gasteiger partial charge in [0.25, 0.3) is 10.2 Å². The monoisotopic (exact) mass is 517 g/mol. The standard InChI is InChI=1S/C23H24F5N3O3S/c1-12(2)30-35(33,34)29-10-20-19(27)11-31(20)22(32)16-9-23(16,28)15-7-6-13(24)8-14(15)21-17(25)4-3-5-18(21)26/h3-8,12,16,19-20,29-30H,9-11H2,1-2H3/t16-,19+,20+,23+/m0/s1. The van der Waals surface area contributed by atoms with E-state index in [1.807, 2.05) is 0 Å². The van der Waals surface area contributed by atoms with Gasteiger partial charge in [0.05, 0.1) is 24.1 Å². The number of likely N-dealkylation sites (tertiary alicyclic amines) is 1. The summed E-state index contributed by atoms with van der Waals surface area (Å²) in [4.78, 5) is 14.0. The highest BCUT2D eigenvalue weighted by Crippen LogP contribution is 2.59. The molecule has 1 amide bonds. The zero-order valence-corrected chi connectivity index (χ0v) is 19.7. The van der Waals surface area contributed by atoms with E-state index < -0.39 is 75.5 Å². The van der Waals surface area contributed by atoms with Gasteiger partial charge in [0, 0.05) is 19.0 Å². The predicted octanol–water partition coefficient (Wildman–Crippen LogP) is 3.34. The van der Waals surface area contributed by atoms with Crippen molar-refractivity contribution in [3.63, 3.8) is 0 Å². The topological polar surface area (TPSA) is 78.5 Å². The summed E-state index contributed by atoms with van der Waals surface area (Å²) in [6, 6.07) is 4.26. The van der Waals surface area contributed by atoms with Crippen molar-refractivity contribution in [2.45, 2.75) is 44.2 Å². The molecule has 1 saturated heterocycles. The third-order valence-corrected chi connectivity index (χ3v) is 7.53. The number of hydrogen-bond donors (Lipinski definition) is 2. The lowest BCUT2D eigenvalue weighted by Gasteiger charge is -2.44. The van der Waals surface area contributed by atoms with Gasteiger partial charge in [0.1, 0.15) is 29.3 Å². The summed E-state index contributed by atoms with van der Waals surface area (Å²) in [6.07, 6.45) is -1.86. The molecule has 0 radical (unpaired) electrons. The SMILES string of the molecule is CC(C)NS(=O)(=O)NC[C@@H]1[C@H](F)CN1C(=O)[C@@H]1C[C@@]1(F)c1ccc(F)cc1-c1c(F)cccc1F. The lowest BCUT2D eigenvalue weighted by molar-refractivity contribution is -0.147. The summed E-state index contributed by atoms with van der Waals surface area (Å²) in [5, 5.41) is 0. The van der Waals surface area contributed by atoms with Gasteiger partial charge in [0.2, 0.25) is 5.91 Å². The summed E-state index contributed by atoms with van der Waals surface area (Å²) in [5.41, 5.74) is -3.57. The third kappa shape index (κ3) is 4.91. The van der Waals surface area contributed by atoms with E-state index in [9.17, 15) is 30.8 Å². The van der Waals surface area contributed by atoms with Gasteiger partial charge >= 0.3 is 0 Å². The van der Waals surface area contributed by atoms with Crippen LogP contribution >= 0.6 is 0 Å². The number of alkyl halides is 2. The number of carbonyl (C=O) groups is 1. The largest absolute Gasteiger partial charge is 0.332 e. The third-order valence-electron chi connectivity index (χ3n) is 6.20. The zero-order chi connectivity index (χ0) is 25.7. The molecule has 2 fully saturated rings. The van der Waals surface area contributed by atoms with E-state index in [1.165, 1.54) is 0 Å². The van der Waals surface area contributed by atoms with E-state index in [0.717, 1.165) is 41.3 Å². The van der Waals surface area contributed by atoms with Gasteiger partial charge in [-0.05, 0) is 49.2 Å². The fraction of sp³-hybridized carbons (Fsp3) is 0.435. The molecule has 12 heteroatoms. The van der Waals surface area contributed by atoms with Gasteiger partial charge in [0.15, 0.2) is 0 Å². The average molecular weight is 518 g/mol. The molecule has 2 aliphatic rings. The maximum Gasteiger partial charge on any atom is 0.277 e. The van der Waals surface area contributed by atoms with E-state index in [0.29, 0.717) is 0 Å². The van der Waals surface area contributed by atoms with Crippen molar-refractivity contribution in [1.29, 1.82) is 0 Å². The van der Waals surface area contributed by atoms with E-state index in [-0.39, 0.29) is 24.1 Å². The maximum absolute atomic E-state index is 15.9. The average Bonchev–Trinajstić information content (AvgIpc) is 3.43. The summed E-state index contributed by atoms with van der Waals surface area (Å²) < 4.78 is 101. The van der Waals surface area contributed by atoms with Crippen LogP contribution < -0.4 is 9.44 Å². The van der Waals surface area contributed by atoms with Gasteiger partial charge in [-0.1, -0.05) is 12.1 Å². The Balaban J connectivity index is 1.55. The van der Waals surface area contributed by atoms with Gasteiger partial charge < -0.3 is 4.90 Å². The summed E-state index contributed by atoms with van der Waals surface area (Å²) in [7, 11) is -3.93. The Morgan fingerprint density at radius 2 is 1.83 bits per heavy atom. The van der Waals surface area contributed by atoms with Crippen molar-refractivity contribution < 1.29 is 35.2 Å². The van der Waals surface area contributed by atoms with E-state index in [4.69, 9.17) is 0 Å². The Bertz CT molecular complexity index is 1240. The molecule has 2 aromatic carbocycles. The molecule has 1 heterocycles. The number of carbonyl (C=O) groups excluding carboxylic acids is 1. The molecule has 2 aromatic rings. The first-order valence-corrected chi connectivity index (χ1v) is 12.5. The van der Waals surface area contributed by atoms with Crippen molar-refractivity contribution in [3.8, 4) is 11.1 Å². The Labute approximate surface area is 199 Å². The van der Waals surface area contributed by atoms with Crippen LogP contribution in [0.4, 0.5) is 22.0 Å². The molecular formula is C23H24F5N3O3S. The smallest absolute Gasteiger partial charge is 0.277 e. The molecule has 6 nitrogen and oxygen atoms in total. The first-order valence-electron chi connectivity index (χ1n) is 11.0. The molecule has 4 rings (SSSR count). The van der Waals surface area contributed by atoms with E-state index >= 15 is 4.39 Å². The number of hydrogen-bond acceptors (Lipinski definition) is 3. The van der Waals surface area contributed by atoms with Crippen LogP contribution in [0.15, 0.2) is 36.4 Å². The molecular weight excluding hydrogens is 493 g/mol. The number of halogens is 5. The van der Waals surface area contributed by atoms with Crippen LogP contribution in [0.3, 0.4) is 0 Å². The minimum Gasteiger partial charge on any atom is -0.332 e. The van der Waals surface area contributed by atoms with Gasteiger partial charge in [-0.15, -0.1) is 0 Å².